The second kappa shape index (κ2) is 11.2. The van der Waals surface area contributed by atoms with E-state index in [2.05, 4.69) is 19.9 Å². The fourth-order valence-electron chi connectivity index (χ4n) is 4.09. The summed E-state index contributed by atoms with van der Waals surface area (Å²) in [5.41, 5.74) is 2.99. The van der Waals surface area contributed by atoms with Crippen LogP contribution in [-0.4, -0.2) is 16.0 Å². The molecule has 0 saturated heterocycles. The standard InChI is InChI=1S/C30H34O5/c1-6-20(5)27(32)26-29(34)22(16-15-19(4)12-10-11-18(2)3)28(33)25-23(17-24(31)35-30(25)26)21-13-8-7-9-14-21/h7-9,11,13-15,17,20,33-34H,6,10,12,16H2,1-5H3/t20-/m1/s1. The number of fused-ring (bicyclic) bond motifs is 1. The molecular weight excluding hydrogens is 440 g/mol. The Morgan fingerprint density at radius 2 is 1.74 bits per heavy atom. The maximum Gasteiger partial charge on any atom is 0.336 e. The van der Waals surface area contributed by atoms with Crippen LogP contribution < -0.4 is 5.63 Å². The van der Waals surface area contributed by atoms with Crippen LogP contribution in [0.5, 0.6) is 11.5 Å². The predicted molar refractivity (Wildman–Crippen MR) is 141 cm³/mol. The van der Waals surface area contributed by atoms with Gasteiger partial charge in [-0.3, -0.25) is 4.79 Å². The molecule has 0 spiro atoms. The van der Waals surface area contributed by atoms with Crippen molar-refractivity contribution in [2.24, 2.45) is 5.92 Å². The number of allylic oxidation sites excluding steroid dienone is 4. The van der Waals surface area contributed by atoms with Crippen molar-refractivity contribution in [3.8, 4) is 22.6 Å². The highest BCUT2D eigenvalue weighted by atomic mass is 16.4. The highest BCUT2D eigenvalue weighted by Gasteiger charge is 2.29. The van der Waals surface area contributed by atoms with Crippen molar-refractivity contribution in [3.63, 3.8) is 0 Å². The summed E-state index contributed by atoms with van der Waals surface area (Å²) < 4.78 is 5.47. The van der Waals surface area contributed by atoms with E-state index in [1.54, 1.807) is 6.92 Å². The smallest absolute Gasteiger partial charge is 0.336 e. The zero-order chi connectivity index (χ0) is 25.7. The molecular formula is C30H34O5. The lowest BCUT2D eigenvalue weighted by atomic mass is 9.89. The van der Waals surface area contributed by atoms with Gasteiger partial charge < -0.3 is 14.6 Å². The van der Waals surface area contributed by atoms with E-state index in [1.807, 2.05) is 50.3 Å². The maximum absolute atomic E-state index is 13.4. The van der Waals surface area contributed by atoms with E-state index in [0.29, 0.717) is 17.5 Å². The molecule has 1 aromatic heterocycles. The fourth-order valence-corrected chi connectivity index (χ4v) is 4.09. The topological polar surface area (TPSA) is 87.7 Å². The summed E-state index contributed by atoms with van der Waals surface area (Å²) in [4.78, 5) is 25.9. The molecule has 184 valence electrons. The van der Waals surface area contributed by atoms with Crippen LogP contribution in [0.1, 0.15) is 69.8 Å². The molecule has 0 radical (unpaired) electrons. The number of ketones is 1. The Balaban J connectivity index is 2.28. The van der Waals surface area contributed by atoms with Crippen LogP contribution in [0.4, 0.5) is 0 Å². The van der Waals surface area contributed by atoms with Crippen LogP contribution in [0, 0.1) is 5.92 Å². The Hall–Kier alpha value is -3.60. The summed E-state index contributed by atoms with van der Waals surface area (Å²) >= 11 is 0. The number of phenolic OH excluding ortho intramolecular Hbond substituents is 2. The van der Waals surface area contributed by atoms with Crippen molar-refractivity contribution in [1.82, 2.24) is 0 Å². The van der Waals surface area contributed by atoms with E-state index in [0.717, 1.165) is 18.4 Å². The number of aromatic hydroxyl groups is 2. The minimum Gasteiger partial charge on any atom is -0.507 e. The van der Waals surface area contributed by atoms with Gasteiger partial charge in [0.05, 0.1) is 5.39 Å². The number of Topliss-reactive ketones (excluding diaryl/α,β-unsaturated/α-hetero) is 1. The third kappa shape index (κ3) is 5.73. The molecule has 0 amide bonds. The van der Waals surface area contributed by atoms with Crippen molar-refractivity contribution in [2.45, 2.75) is 60.3 Å². The Labute approximate surface area is 206 Å². The third-order valence-corrected chi connectivity index (χ3v) is 6.37. The quantitative estimate of drug-likeness (QED) is 0.192. The highest BCUT2D eigenvalue weighted by molar-refractivity contribution is 6.14. The molecule has 3 rings (SSSR count). The number of hydrogen-bond donors (Lipinski definition) is 2. The first kappa shape index (κ1) is 26.0. The van der Waals surface area contributed by atoms with Gasteiger partial charge in [0.2, 0.25) is 0 Å². The summed E-state index contributed by atoms with van der Waals surface area (Å²) in [5, 5.41) is 22.8. The van der Waals surface area contributed by atoms with Crippen LogP contribution in [-0.2, 0) is 6.42 Å². The van der Waals surface area contributed by atoms with Gasteiger partial charge in [-0.05, 0) is 52.0 Å². The van der Waals surface area contributed by atoms with Gasteiger partial charge in [0.25, 0.3) is 0 Å². The maximum atomic E-state index is 13.4. The Bertz CT molecular complexity index is 1340. The number of benzene rings is 2. The molecule has 0 aliphatic heterocycles. The Kier molecular flexibility index (Phi) is 8.34. The summed E-state index contributed by atoms with van der Waals surface area (Å²) in [7, 11) is 0. The normalized spacial score (nSPS) is 12.5. The van der Waals surface area contributed by atoms with Crippen LogP contribution in [0.15, 0.2) is 68.9 Å². The minimum atomic E-state index is -0.656. The van der Waals surface area contributed by atoms with E-state index < -0.39 is 11.5 Å². The molecule has 0 fully saturated rings. The summed E-state index contributed by atoms with van der Waals surface area (Å²) in [5.74, 6) is -1.24. The third-order valence-electron chi connectivity index (χ3n) is 6.37. The number of carbonyl (C=O) groups is 1. The van der Waals surface area contributed by atoms with Gasteiger partial charge in [-0.25, -0.2) is 4.79 Å². The number of phenols is 2. The fraction of sp³-hybridized carbons (Fsp3) is 0.333. The molecule has 0 unspecified atom stereocenters. The van der Waals surface area contributed by atoms with E-state index >= 15 is 0 Å². The molecule has 1 heterocycles. The van der Waals surface area contributed by atoms with Crippen molar-refractivity contribution < 1.29 is 19.4 Å². The SMILES string of the molecule is CC[C@@H](C)C(=O)c1c(O)c(CC=C(C)CCC=C(C)C)c(O)c2c(-c3ccccc3)cc(=O)oc12. The lowest BCUT2D eigenvalue weighted by molar-refractivity contribution is 0.0925. The number of hydrogen-bond acceptors (Lipinski definition) is 5. The van der Waals surface area contributed by atoms with Gasteiger partial charge >= 0.3 is 5.63 Å². The molecule has 0 saturated carbocycles. The van der Waals surface area contributed by atoms with E-state index in [9.17, 15) is 19.8 Å². The molecule has 5 heteroatoms. The summed E-state index contributed by atoms with van der Waals surface area (Å²) in [6.45, 7) is 9.78. The minimum absolute atomic E-state index is 0.0485. The lowest BCUT2D eigenvalue weighted by Crippen LogP contribution is -2.13. The molecule has 2 N–H and O–H groups in total. The highest BCUT2D eigenvalue weighted by Crippen LogP contribution is 2.44. The van der Waals surface area contributed by atoms with Crippen LogP contribution in [0.25, 0.3) is 22.1 Å². The average Bonchev–Trinajstić information content (AvgIpc) is 2.83. The van der Waals surface area contributed by atoms with Crippen LogP contribution >= 0.6 is 0 Å². The molecule has 0 bridgehead atoms. The van der Waals surface area contributed by atoms with Crippen molar-refractivity contribution >= 4 is 16.8 Å². The molecule has 0 aliphatic rings. The first-order chi connectivity index (χ1) is 16.6. The lowest BCUT2D eigenvalue weighted by Gasteiger charge is -2.18. The van der Waals surface area contributed by atoms with Crippen LogP contribution in [0.2, 0.25) is 0 Å². The Morgan fingerprint density at radius 1 is 1.06 bits per heavy atom. The van der Waals surface area contributed by atoms with E-state index in [-0.39, 0.29) is 45.8 Å². The number of carbonyl (C=O) groups excluding carboxylic acids is 1. The molecule has 2 aromatic carbocycles. The summed E-state index contributed by atoms with van der Waals surface area (Å²) in [6, 6.07) is 10.5. The van der Waals surface area contributed by atoms with E-state index in [4.69, 9.17) is 4.42 Å². The van der Waals surface area contributed by atoms with Gasteiger partial charge in [0, 0.05) is 23.1 Å². The zero-order valence-corrected chi connectivity index (χ0v) is 21.1. The van der Waals surface area contributed by atoms with Crippen molar-refractivity contribution in [2.75, 3.05) is 0 Å². The molecule has 1 atom stereocenters. The predicted octanol–water partition coefficient (Wildman–Crippen LogP) is 7.34. The second-order valence-corrected chi connectivity index (χ2v) is 9.35. The first-order valence-corrected chi connectivity index (χ1v) is 12.1. The monoisotopic (exact) mass is 474 g/mol. The van der Waals surface area contributed by atoms with Gasteiger partial charge in [-0.15, -0.1) is 0 Å². The largest absolute Gasteiger partial charge is 0.507 e. The van der Waals surface area contributed by atoms with Crippen molar-refractivity contribution in [3.05, 3.63) is 81.2 Å². The van der Waals surface area contributed by atoms with E-state index in [1.165, 1.54) is 11.6 Å². The first-order valence-electron chi connectivity index (χ1n) is 12.1. The van der Waals surface area contributed by atoms with Gasteiger partial charge in [-0.2, -0.15) is 0 Å². The second-order valence-electron chi connectivity index (χ2n) is 9.35. The molecule has 0 aliphatic carbocycles. The molecule has 3 aromatic rings. The number of rotatable bonds is 9. The van der Waals surface area contributed by atoms with Gasteiger partial charge in [0.1, 0.15) is 17.1 Å². The molecule has 35 heavy (non-hydrogen) atoms. The van der Waals surface area contributed by atoms with Crippen molar-refractivity contribution in [1.29, 1.82) is 0 Å². The van der Waals surface area contributed by atoms with Gasteiger partial charge in [-0.1, -0.05) is 67.5 Å². The molecule has 5 nitrogen and oxygen atoms in total. The zero-order valence-electron chi connectivity index (χ0n) is 21.1. The average molecular weight is 475 g/mol. The Morgan fingerprint density at radius 3 is 2.37 bits per heavy atom. The van der Waals surface area contributed by atoms with Gasteiger partial charge in [0.15, 0.2) is 11.4 Å². The van der Waals surface area contributed by atoms with Crippen LogP contribution in [0.3, 0.4) is 0 Å². The summed E-state index contributed by atoms with van der Waals surface area (Å²) in [6.07, 6.45) is 6.67.